The van der Waals surface area contributed by atoms with Crippen LogP contribution in [0.3, 0.4) is 0 Å². The fourth-order valence-corrected chi connectivity index (χ4v) is 4.71. The Labute approximate surface area is 206 Å². The van der Waals surface area contributed by atoms with Crippen molar-refractivity contribution >= 4 is 11.9 Å². The van der Waals surface area contributed by atoms with E-state index in [1.807, 2.05) is 34.6 Å². The van der Waals surface area contributed by atoms with E-state index in [2.05, 4.69) is 18.6 Å². The van der Waals surface area contributed by atoms with Gasteiger partial charge in [0.1, 0.15) is 5.60 Å². The number of ether oxygens (including phenoxy) is 2. The lowest BCUT2D eigenvalue weighted by Gasteiger charge is -2.49. The molecule has 2 unspecified atom stereocenters. The molecule has 2 atom stereocenters. The summed E-state index contributed by atoms with van der Waals surface area (Å²) in [6.07, 6.45) is -1.04. The maximum absolute atomic E-state index is 13.9. The van der Waals surface area contributed by atoms with Gasteiger partial charge in [-0.2, -0.15) is 22.0 Å². The summed E-state index contributed by atoms with van der Waals surface area (Å²) in [5.74, 6) is -8.06. The lowest BCUT2D eigenvalue weighted by atomic mass is 9.58. The maximum atomic E-state index is 13.9. The van der Waals surface area contributed by atoms with E-state index in [4.69, 9.17) is 4.74 Å². The largest absolute Gasteiger partial charge is 0.459 e. The molecule has 0 N–H and O–H groups in total. The minimum Gasteiger partial charge on any atom is -0.459 e. The lowest BCUT2D eigenvalue weighted by molar-refractivity contribution is -0.295. The van der Waals surface area contributed by atoms with Gasteiger partial charge in [-0.3, -0.25) is 9.59 Å². The topological polar surface area (TPSA) is 52.6 Å². The second kappa shape index (κ2) is 10.9. The van der Waals surface area contributed by atoms with E-state index in [9.17, 15) is 31.5 Å². The van der Waals surface area contributed by atoms with Crippen molar-refractivity contribution in [2.45, 2.75) is 124 Å². The Balaban J connectivity index is 3.27. The maximum Gasteiger partial charge on any atom is 0.456 e. The molecule has 0 spiro atoms. The second-order valence-electron chi connectivity index (χ2n) is 11.8. The number of carbonyl (C=O) groups is 2. The Bertz CT molecular complexity index is 739. The first-order valence-electron chi connectivity index (χ1n) is 12.5. The average Bonchev–Trinajstić information content (AvgIpc) is 2.76. The molecule has 0 heterocycles. The van der Waals surface area contributed by atoms with Crippen LogP contribution in [-0.2, 0) is 19.1 Å². The number of alkyl halides is 5. The molecule has 1 aliphatic carbocycles. The average molecular weight is 515 g/mol. The van der Waals surface area contributed by atoms with Crippen LogP contribution >= 0.6 is 0 Å². The highest BCUT2D eigenvalue weighted by molar-refractivity contribution is 5.79. The molecule has 0 amide bonds. The molecule has 0 aromatic carbocycles. The van der Waals surface area contributed by atoms with E-state index in [-0.39, 0.29) is 5.41 Å². The molecule has 1 aliphatic rings. The molecule has 206 valence electrons. The van der Waals surface area contributed by atoms with Crippen LogP contribution in [0.1, 0.15) is 107 Å². The molecule has 0 saturated heterocycles. The van der Waals surface area contributed by atoms with Gasteiger partial charge in [0, 0.05) is 0 Å². The van der Waals surface area contributed by atoms with Crippen LogP contribution in [0.5, 0.6) is 0 Å². The molecule has 0 radical (unpaired) electrons. The van der Waals surface area contributed by atoms with Crippen LogP contribution in [0.15, 0.2) is 0 Å². The minimum absolute atomic E-state index is 0.173. The van der Waals surface area contributed by atoms with Gasteiger partial charge in [-0.25, -0.2) is 0 Å². The predicted octanol–water partition coefficient (Wildman–Crippen LogP) is 7.88. The molecule has 35 heavy (non-hydrogen) atoms. The number of esters is 2. The number of carbonyl (C=O) groups excluding carboxylic acids is 2. The molecular weight excluding hydrogens is 471 g/mol. The van der Waals surface area contributed by atoms with Gasteiger partial charge in [0.25, 0.3) is 0 Å². The molecule has 0 aromatic rings. The summed E-state index contributed by atoms with van der Waals surface area (Å²) in [4.78, 5) is 26.5. The summed E-state index contributed by atoms with van der Waals surface area (Å²) in [6, 6.07) is 0. The molecular formula is C26H43F5O4. The smallest absolute Gasteiger partial charge is 0.456 e. The van der Waals surface area contributed by atoms with Crippen LogP contribution in [0.2, 0.25) is 0 Å². The fraction of sp³-hybridized carbons (Fsp3) is 0.923. The summed E-state index contributed by atoms with van der Waals surface area (Å²) in [7, 11) is 0. The minimum atomic E-state index is -5.83. The first-order chi connectivity index (χ1) is 15.7. The summed E-state index contributed by atoms with van der Waals surface area (Å²) in [5.41, 5.74) is -2.86. The number of rotatable bonds is 11. The van der Waals surface area contributed by atoms with Crippen molar-refractivity contribution in [2.75, 3.05) is 6.61 Å². The Hall–Kier alpha value is -1.41. The van der Waals surface area contributed by atoms with Crippen molar-refractivity contribution < 1.29 is 41.0 Å². The van der Waals surface area contributed by atoms with Crippen molar-refractivity contribution in [3.63, 3.8) is 0 Å². The van der Waals surface area contributed by atoms with E-state index < -0.39 is 53.0 Å². The molecule has 1 fully saturated rings. The van der Waals surface area contributed by atoms with Crippen LogP contribution < -0.4 is 0 Å². The second-order valence-corrected chi connectivity index (χ2v) is 11.8. The third kappa shape index (κ3) is 7.09. The van der Waals surface area contributed by atoms with E-state index in [1.54, 1.807) is 0 Å². The highest BCUT2D eigenvalue weighted by Gasteiger charge is 2.59. The Morgan fingerprint density at radius 3 is 1.83 bits per heavy atom. The lowest BCUT2D eigenvalue weighted by Crippen LogP contribution is -2.53. The van der Waals surface area contributed by atoms with Crippen molar-refractivity contribution in [2.24, 2.45) is 22.2 Å². The van der Waals surface area contributed by atoms with Gasteiger partial charge < -0.3 is 9.47 Å². The van der Waals surface area contributed by atoms with E-state index >= 15 is 0 Å². The van der Waals surface area contributed by atoms with Gasteiger partial charge in [-0.1, -0.05) is 54.4 Å². The monoisotopic (exact) mass is 514 g/mol. The van der Waals surface area contributed by atoms with Gasteiger partial charge in [0.15, 0.2) is 6.61 Å². The molecule has 0 bridgehead atoms. The Morgan fingerprint density at radius 1 is 0.886 bits per heavy atom. The first kappa shape index (κ1) is 31.6. The van der Waals surface area contributed by atoms with Gasteiger partial charge >= 0.3 is 24.0 Å². The number of halogens is 5. The highest BCUT2D eigenvalue weighted by atomic mass is 19.4. The normalized spacial score (nSPS) is 20.0. The van der Waals surface area contributed by atoms with Gasteiger partial charge in [-0.05, 0) is 63.2 Å². The zero-order chi connectivity index (χ0) is 27.5. The third-order valence-corrected chi connectivity index (χ3v) is 8.57. The quantitative estimate of drug-likeness (QED) is 0.208. The van der Waals surface area contributed by atoms with Gasteiger partial charge in [0.05, 0.1) is 11.3 Å². The molecule has 1 saturated carbocycles. The molecule has 0 aromatic heterocycles. The fourth-order valence-electron chi connectivity index (χ4n) is 4.71. The number of hydrogen-bond acceptors (Lipinski definition) is 4. The van der Waals surface area contributed by atoms with E-state index in [0.717, 1.165) is 12.8 Å². The summed E-state index contributed by atoms with van der Waals surface area (Å²) < 4.78 is 74.8. The zero-order valence-electron chi connectivity index (χ0n) is 22.5. The van der Waals surface area contributed by atoms with Gasteiger partial charge in [-0.15, -0.1) is 0 Å². The summed E-state index contributed by atoms with van der Waals surface area (Å²) in [5, 5.41) is 0. The van der Waals surface area contributed by atoms with E-state index in [0.29, 0.717) is 38.5 Å². The third-order valence-electron chi connectivity index (χ3n) is 8.57. The standard InChI is InChI=1S/C26H43F5O4/c1-9-21(4,5)16-23(8,22(6,7)10-2)20(33)35-24(14-12-11-13-15-24)18(3)19(32)34-17-25(27,28)26(29,30)31/h18H,9-17H2,1-8H3. The van der Waals surface area contributed by atoms with Crippen LogP contribution in [0.4, 0.5) is 22.0 Å². The molecule has 0 aliphatic heterocycles. The highest BCUT2D eigenvalue weighted by Crippen LogP contribution is 2.52. The van der Waals surface area contributed by atoms with Crippen LogP contribution in [0, 0.1) is 22.2 Å². The first-order valence-corrected chi connectivity index (χ1v) is 12.5. The Kier molecular flexibility index (Phi) is 9.86. The van der Waals surface area contributed by atoms with Crippen molar-refractivity contribution in [3.8, 4) is 0 Å². The molecule has 1 rings (SSSR count). The van der Waals surface area contributed by atoms with Crippen LogP contribution in [-0.4, -0.2) is 36.2 Å². The summed E-state index contributed by atoms with van der Waals surface area (Å²) in [6.45, 7) is 13.3. The molecule has 4 nitrogen and oxygen atoms in total. The van der Waals surface area contributed by atoms with E-state index in [1.165, 1.54) is 6.92 Å². The predicted molar refractivity (Wildman–Crippen MR) is 124 cm³/mol. The van der Waals surface area contributed by atoms with Gasteiger partial charge in [0.2, 0.25) is 0 Å². The summed E-state index contributed by atoms with van der Waals surface area (Å²) >= 11 is 0. The molecule has 9 heteroatoms. The van der Waals surface area contributed by atoms with Crippen molar-refractivity contribution in [3.05, 3.63) is 0 Å². The SMILES string of the molecule is CCC(C)(C)CC(C)(C(=O)OC1(C(C)C(=O)OCC(F)(F)C(F)(F)F)CCCCC1)C(C)(C)CC. The Morgan fingerprint density at radius 2 is 1.40 bits per heavy atom. The zero-order valence-corrected chi connectivity index (χ0v) is 22.5. The van der Waals surface area contributed by atoms with Crippen molar-refractivity contribution in [1.82, 2.24) is 0 Å². The van der Waals surface area contributed by atoms with Crippen molar-refractivity contribution in [1.29, 1.82) is 0 Å². The number of hydrogen-bond donors (Lipinski definition) is 0. The van der Waals surface area contributed by atoms with Crippen LogP contribution in [0.25, 0.3) is 0 Å².